The Bertz CT molecular complexity index is 1020. The second-order valence-electron chi connectivity index (χ2n) is 5.66. The fourth-order valence-electron chi connectivity index (χ4n) is 2.68. The topological polar surface area (TPSA) is 49.9 Å². The fourth-order valence-corrected chi connectivity index (χ4v) is 4.51. The van der Waals surface area contributed by atoms with Gasteiger partial charge in [-0.2, -0.15) is 0 Å². The molecule has 0 fully saturated rings. The molecule has 0 radical (unpaired) electrons. The van der Waals surface area contributed by atoms with E-state index in [0.717, 1.165) is 10.0 Å². The Balaban J connectivity index is 2.20. The van der Waals surface area contributed by atoms with Crippen LogP contribution < -0.4 is 5.43 Å². The number of ketones is 1. The Kier molecular flexibility index (Phi) is 5.37. The van der Waals surface area contributed by atoms with Crippen LogP contribution in [-0.4, -0.2) is 10.8 Å². The number of aromatic amines is 1. The van der Waals surface area contributed by atoms with Crippen LogP contribution in [0.4, 0.5) is 0 Å². The number of carbonyl (C=O) groups is 1. The SMILES string of the molecule is CC(=O)c1c(SC(C)c2ccccc2)[nH]c2c(Br)ccc(Cl)c2c1=O. The van der Waals surface area contributed by atoms with Gasteiger partial charge in [0.15, 0.2) is 5.78 Å². The zero-order valence-corrected chi connectivity index (χ0v) is 16.8. The molecule has 0 bridgehead atoms. The monoisotopic (exact) mass is 435 g/mol. The van der Waals surface area contributed by atoms with E-state index in [0.29, 0.717) is 21.0 Å². The van der Waals surface area contributed by atoms with E-state index in [1.807, 2.05) is 37.3 Å². The fraction of sp³-hybridized carbons (Fsp3) is 0.158. The summed E-state index contributed by atoms with van der Waals surface area (Å²) in [5, 5.41) is 1.29. The molecule has 3 rings (SSSR count). The van der Waals surface area contributed by atoms with Gasteiger partial charge in [0.25, 0.3) is 0 Å². The molecule has 6 heteroatoms. The highest BCUT2D eigenvalue weighted by molar-refractivity contribution is 9.10. The van der Waals surface area contributed by atoms with Crippen molar-refractivity contribution in [2.75, 3.05) is 0 Å². The van der Waals surface area contributed by atoms with E-state index in [1.54, 1.807) is 12.1 Å². The van der Waals surface area contributed by atoms with Gasteiger partial charge in [-0.1, -0.05) is 53.7 Å². The molecule has 3 nitrogen and oxygen atoms in total. The summed E-state index contributed by atoms with van der Waals surface area (Å²) < 4.78 is 0.730. The first-order chi connectivity index (χ1) is 11.9. The molecule has 0 aliphatic rings. The van der Waals surface area contributed by atoms with Crippen molar-refractivity contribution in [2.45, 2.75) is 24.1 Å². The summed E-state index contributed by atoms with van der Waals surface area (Å²) in [6.45, 7) is 3.44. The first kappa shape index (κ1) is 18.2. The Morgan fingerprint density at radius 2 is 1.88 bits per heavy atom. The minimum Gasteiger partial charge on any atom is -0.348 e. The lowest BCUT2D eigenvalue weighted by Gasteiger charge is -2.15. The van der Waals surface area contributed by atoms with E-state index in [4.69, 9.17) is 11.6 Å². The third kappa shape index (κ3) is 3.54. The smallest absolute Gasteiger partial charge is 0.202 e. The molecule has 128 valence electrons. The Labute approximate surface area is 162 Å². The second-order valence-corrected chi connectivity index (χ2v) is 8.28. The van der Waals surface area contributed by atoms with Crippen LogP contribution in [0.1, 0.15) is 35.0 Å². The van der Waals surface area contributed by atoms with E-state index >= 15 is 0 Å². The van der Waals surface area contributed by atoms with Gasteiger partial charge in [-0.25, -0.2) is 0 Å². The Hall–Kier alpha value is -1.56. The number of Topliss-reactive ketones (excluding diaryl/α,β-unsaturated/α-hetero) is 1. The number of benzene rings is 2. The number of aromatic nitrogens is 1. The van der Waals surface area contributed by atoms with Gasteiger partial charge in [0.05, 0.1) is 26.5 Å². The van der Waals surface area contributed by atoms with E-state index in [1.165, 1.54) is 18.7 Å². The molecule has 1 N–H and O–H groups in total. The molecule has 0 spiro atoms. The van der Waals surface area contributed by atoms with Gasteiger partial charge < -0.3 is 4.98 Å². The van der Waals surface area contributed by atoms with Crippen LogP contribution in [-0.2, 0) is 0 Å². The van der Waals surface area contributed by atoms with Crippen LogP contribution >= 0.6 is 39.3 Å². The van der Waals surface area contributed by atoms with Gasteiger partial charge in [0.1, 0.15) is 0 Å². The minimum absolute atomic E-state index is 0.0744. The van der Waals surface area contributed by atoms with Crippen molar-refractivity contribution in [1.82, 2.24) is 4.98 Å². The summed E-state index contributed by atoms with van der Waals surface area (Å²) in [6, 6.07) is 13.4. The number of halogens is 2. The van der Waals surface area contributed by atoms with Crippen molar-refractivity contribution in [3.05, 3.63) is 73.3 Å². The van der Waals surface area contributed by atoms with Crippen molar-refractivity contribution in [3.63, 3.8) is 0 Å². The highest BCUT2D eigenvalue weighted by Crippen LogP contribution is 2.37. The molecule has 3 aromatic rings. The summed E-state index contributed by atoms with van der Waals surface area (Å²) in [5.74, 6) is -0.276. The van der Waals surface area contributed by atoms with Gasteiger partial charge in [0, 0.05) is 9.72 Å². The van der Waals surface area contributed by atoms with Crippen LogP contribution in [0.5, 0.6) is 0 Å². The van der Waals surface area contributed by atoms with Crippen LogP contribution in [0.25, 0.3) is 10.9 Å². The molecular weight excluding hydrogens is 422 g/mol. The number of H-pyrrole nitrogens is 1. The zero-order chi connectivity index (χ0) is 18.1. The Morgan fingerprint density at radius 1 is 1.20 bits per heavy atom. The van der Waals surface area contributed by atoms with E-state index < -0.39 is 0 Å². The van der Waals surface area contributed by atoms with Gasteiger partial charge in [-0.3, -0.25) is 9.59 Å². The summed E-state index contributed by atoms with van der Waals surface area (Å²) in [4.78, 5) is 28.3. The molecule has 0 aliphatic heterocycles. The van der Waals surface area contributed by atoms with E-state index in [-0.39, 0.29) is 22.0 Å². The van der Waals surface area contributed by atoms with Gasteiger partial charge >= 0.3 is 0 Å². The molecule has 0 aliphatic carbocycles. The maximum atomic E-state index is 12.9. The summed E-state index contributed by atoms with van der Waals surface area (Å²) in [7, 11) is 0. The molecule has 0 saturated heterocycles. The summed E-state index contributed by atoms with van der Waals surface area (Å²) in [6.07, 6.45) is 0. The number of thioether (sulfide) groups is 1. The van der Waals surface area contributed by atoms with Gasteiger partial charge in [-0.15, -0.1) is 0 Å². The molecule has 1 atom stereocenters. The van der Waals surface area contributed by atoms with Crippen molar-refractivity contribution >= 4 is 56.0 Å². The average molecular weight is 437 g/mol. The second kappa shape index (κ2) is 7.36. The van der Waals surface area contributed by atoms with E-state index in [2.05, 4.69) is 20.9 Å². The predicted octanol–water partition coefficient (Wildman–Crippen LogP) is 6.00. The largest absolute Gasteiger partial charge is 0.348 e. The molecule has 1 heterocycles. The number of rotatable bonds is 4. The third-order valence-electron chi connectivity index (χ3n) is 3.94. The summed E-state index contributed by atoms with van der Waals surface area (Å²) >= 11 is 11.1. The zero-order valence-electron chi connectivity index (χ0n) is 13.6. The van der Waals surface area contributed by atoms with Crippen molar-refractivity contribution in [2.24, 2.45) is 0 Å². The molecule has 0 saturated carbocycles. The molecule has 25 heavy (non-hydrogen) atoms. The number of hydrogen-bond donors (Lipinski definition) is 1. The van der Waals surface area contributed by atoms with Crippen LogP contribution in [0.2, 0.25) is 5.02 Å². The standard InChI is InChI=1S/C19H15BrClNO2S/c1-10(23)15-18(24)16-14(21)9-8-13(20)17(16)22-19(15)25-11(2)12-6-4-3-5-7-12/h3-9,11H,1-2H3,(H,22,24). The predicted molar refractivity (Wildman–Crippen MR) is 108 cm³/mol. The molecule has 2 aromatic carbocycles. The highest BCUT2D eigenvalue weighted by atomic mass is 79.9. The lowest BCUT2D eigenvalue weighted by atomic mass is 10.1. The quantitative estimate of drug-likeness (QED) is 0.403. The Morgan fingerprint density at radius 3 is 2.52 bits per heavy atom. The number of pyridine rings is 1. The van der Waals surface area contributed by atoms with Crippen molar-refractivity contribution in [1.29, 1.82) is 0 Å². The van der Waals surface area contributed by atoms with E-state index in [9.17, 15) is 9.59 Å². The molecule has 1 unspecified atom stereocenters. The number of fused-ring (bicyclic) bond motifs is 1. The lowest BCUT2D eigenvalue weighted by molar-refractivity contribution is 0.101. The summed E-state index contributed by atoms with van der Waals surface area (Å²) in [5.41, 5.74) is 1.54. The molecule has 1 aromatic heterocycles. The van der Waals surface area contributed by atoms with Crippen LogP contribution in [0, 0.1) is 0 Å². The van der Waals surface area contributed by atoms with Crippen molar-refractivity contribution in [3.8, 4) is 0 Å². The maximum absolute atomic E-state index is 12.9. The third-order valence-corrected chi connectivity index (χ3v) is 6.08. The minimum atomic E-state index is -0.338. The molecule has 0 amide bonds. The van der Waals surface area contributed by atoms with Gasteiger partial charge in [-0.05, 0) is 47.5 Å². The van der Waals surface area contributed by atoms with Gasteiger partial charge in [0.2, 0.25) is 5.43 Å². The first-order valence-corrected chi connectivity index (χ1v) is 9.71. The number of carbonyl (C=O) groups excluding carboxylic acids is 1. The molecular formula is C19H15BrClNO2S. The first-order valence-electron chi connectivity index (χ1n) is 7.66. The lowest BCUT2D eigenvalue weighted by Crippen LogP contribution is -2.17. The number of nitrogens with one attached hydrogen (secondary N) is 1. The number of hydrogen-bond acceptors (Lipinski definition) is 3. The maximum Gasteiger partial charge on any atom is 0.202 e. The van der Waals surface area contributed by atoms with Crippen LogP contribution in [0.15, 0.2) is 56.8 Å². The normalized spacial score (nSPS) is 12.3. The van der Waals surface area contributed by atoms with Crippen LogP contribution in [0.3, 0.4) is 0 Å². The average Bonchev–Trinajstić information content (AvgIpc) is 2.58. The van der Waals surface area contributed by atoms with Crippen molar-refractivity contribution < 1.29 is 4.79 Å². The highest BCUT2D eigenvalue weighted by Gasteiger charge is 2.21.